The molecular weight excluding hydrogens is 338 g/mol. The first-order valence-corrected chi connectivity index (χ1v) is 9.47. The Hall–Kier alpha value is -2.53. The van der Waals surface area contributed by atoms with Crippen molar-refractivity contribution in [2.75, 3.05) is 27.7 Å². The first-order chi connectivity index (χ1) is 13.1. The molecule has 1 atom stereocenters. The van der Waals surface area contributed by atoms with Gasteiger partial charge in [-0.25, -0.2) is 4.79 Å². The largest absolute Gasteiger partial charge is 0.497 e. The molecule has 0 aromatic heterocycles. The first kappa shape index (κ1) is 19.2. The molecule has 2 aromatic carbocycles. The summed E-state index contributed by atoms with van der Waals surface area (Å²) < 4.78 is 5.34. The van der Waals surface area contributed by atoms with Gasteiger partial charge >= 0.3 is 6.03 Å². The van der Waals surface area contributed by atoms with Crippen LogP contribution in [0.5, 0.6) is 5.75 Å². The Balaban J connectivity index is 1.65. The minimum Gasteiger partial charge on any atom is -0.497 e. The van der Waals surface area contributed by atoms with Gasteiger partial charge in [-0.15, -0.1) is 0 Å². The zero-order valence-corrected chi connectivity index (χ0v) is 16.4. The summed E-state index contributed by atoms with van der Waals surface area (Å²) in [7, 11) is 5.72. The molecule has 0 aliphatic heterocycles. The molecular formula is C22H29N3O2. The van der Waals surface area contributed by atoms with Crippen LogP contribution in [0.15, 0.2) is 54.6 Å². The van der Waals surface area contributed by atoms with E-state index in [-0.39, 0.29) is 12.1 Å². The molecule has 2 aromatic rings. The van der Waals surface area contributed by atoms with E-state index in [1.807, 2.05) is 55.4 Å². The SMILES string of the molecule is COc1cccc(C(CNC(=O)N(Cc2ccccc2)C2CC2)N(C)C)c1. The molecule has 1 aliphatic rings. The van der Waals surface area contributed by atoms with Crippen LogP contribution in [-0.4, -0.2) is 49.6 Å². The maximum Gasteiger partial charge on any atom is 0.318 e. The van der Waals surface area contributed by atoms with Crippen molar-refractivity contribution in [3.63, 3.8) is 0 Å². The van der Waals surface area contributed by atoms with Crippen molar-refractivity contribution in [2.45, 2.75) is 31.5 Å². The molecule has 5 heteroatoms. The van der Waals surface area contributed by atoms with E-state index in [4.69, 9.17) is 4.74 Å². The monoisotopic (exact) mass is 367 g/mol. The van der Waals surface area contributed by atoms with Crippen molar-refractivity contribution in [3.05, 3.63) is 65.7 Å². The van der Waals surface area contributed by atoms with E-state index in [2.05, 4.69) is 28.4 Å². The molecule has 0 bridgehead atoms. The molecule has 1 fully saturated rings. The molecule has 1 unspecified atom stereocenters. The average molecular weight is 367 g/mol. The number of methoxy groups -OCH3 is 1. The molecule has 0 saturated heterocycles. The summed E-state index contributed by atoms with van der Waals surface area (Å²) in [5, 5.41) is 3.15. The van der Waals surface area contributed by atoms with E-state index < -0.39 is 0 Å². The average Bonchev–Trinajstić information content (AvgIpc) is 3.52. The minimum absolute atomic E-state index is 0.0103. The van der Waals surface area contributed by atoms with E-state index in [0.717, 1.165) is 29.7 Å². The molecule has 1 aliphatic carbocycles. The number of hydrogen-bond donors (Lipinski definition) is 1. The Morgan fingerprint density at radius 1 is 1.15 bits per heavy atom. The number of amides is 2. The second-order valence-electron chi connectivity index (χ2n) is 7.29. The molecule has 0 spiro atoms. The Labute approximate surface area is 161 Å². The van der Waals surface area contributed by atoms with Gasteiger partial charge < -0.3 is 19.9 Å². The van der Waals surface area contributed by atoms with Crippen molar-refractivity contribution < 1.29 is 9.53 Å². The number of rotatable bonds is 8. The van der Waals surface area contributed by atoms with Gasteiger partial charge in [0.05, 0.1) is 13.2 Å². The van der Waals surface area contributed by atoms with Crippen molar-refractivity contribution in [2.24, 2.45) is 0 Å². The van der Waals surface area contributed by atoms with Crippen LogP contribution < -0.4 is 10.1 Å². The first-order valence-electron chi connectivity index (χ1n) is 9.47. The fourth-order valence-electron chi connectivity index (χ4n) is 3.27. The number of carbonyl (C=O) groups is 1. The second-order valence-corrected chi connectivity index (χ2v) is 7.29. The highest BCUT2D eigenvalue weighted by Crippen LogP contribution is 2.28. The molecule has 5 nitrogen and oxygen atoms in total. The second kappa shape index (κ2) is 8.91. The molecule has 0 heterocycles. The minimum atomic E-state index is 0.0103. The predicted molar refractivity (Wildman–Crippen MR) is 108 cm³/mol. The summed E-state index contributed by atoms with van der Waals surface area (Å²) in [6.45, 7) is 1.21. The third kappa shape index (κ3) is 5.23. The zero-order valence-electron chi connectivity index (χ0n) is 16.4. The van der Waals surface area contributed by atoms with Crippen molar-refractivity contribution in [3.8, 4) is 5.75 Å². The highest BCUT2D eigenvalue weighted by Gasteiger charge is 2.32. The summed E-state index contributed by atoms with van der Waals surface area (Å²) in [6, 6.07) is 18.7. The zero-order chi connectivity index (χ0) is 19.2. The van der Waals surface area contributed by atoms with Crippen LogP contribution in [-0.2, 0) is 6.54 Å². The van der Waals surface area contributed by atoms with Crippen LogP contribution in [0.2, 0.25) is 0 Å². The molecule has 1 N–H and O–H groups in total. The fraction of sp³-hybridized carbons (Fsp3) is 0.409. The van der Waals surface area contributed by atoms with Gasteiger partial charge in [0.15, 0.2) is 0 Å². The van der Waals surface area contributed by atoms with Gasteiger partial charge in [-0.3, -0.25) is 0 Å². The molecule has 3 rings (SSSR count). The van der Waals surface area contributed by atoms with E-state index in [0.29, 0.717) is 19.1 Å². The Morgan fingerprint density at radius 3 is 2.52 bits per heavy atom. The van der Waals surface area contributed by atoms with Gasteiger partial charge in [0.1, 0.15) is 5.75 Å². The van der Waals surface area contributed by atoms with Gasteiger partial charge in [-0.2, -0.15) is 0 Å². The Morgan fingerprint density at radius 2 is 1.89 bits per heavy atom. The van der Waals surface area contributed by atoms with Gasteiger partial charge in [0, 0.05) is 19.1 Å². The van der Waals surface area contributed by atoms with E-state index in [9.17, 15) is 4.79 Å². The Bertz CT molecular complexity index is 744. The topological polar surface area (TPSA) is 44.8 Å². The standard InChI is InChI=1S/C22H29N3O2/c1-24(2)21(18-10-7-11-20(14-18)27-3)15-23-22(26)25(19-12-13-19)16-17-8-5-4-6-9-17/h4-11,14,19,21H,12-13,15-16H2,1-3H3,(H,23,26). The third-order valence-corrected chi connectivity index (χ3v) is 4.99. The number of ether oxygens (including phenoxy) is 1. The maximum absolute atomic E-state index is 12.9. The summed E-state index contributed by atoms with van der Waals surface area (Å²) >= 11 is 0. The number of nitrogens with one attached hydrogen (secondary N) is 1. The number of hydrogen-bond acceptors (Lipinski definition) is 3. The van der Waals surface area contributed by atoms with Gasteiger partial charge in [-0.1, -0.05) is 42.5 Å². The summed E-state index contributed by atoms with van der Waals surface area (Å²) in [6.07, 6.45) is 2.18. The van der Waals surface area contributed by atoms with Crippen molar-refractivity contribution in [1.82, 2.24) is 15.1 Å². The highest BCUT2D eigenvalue weighted by atomic mass is 16.5. The van der Waals surface area contributed by atoms with E-state index in [1.54, 1.807) is 7.11 Å². The predicted octanol–water partition coefficient (Wildman–Crippen LogP) is 3.67. The lowest BCUT2D eigenvalue weighted by atomic mass is 10.1. The molecule has 0 radical (unpaired) electrons. The Kier molecular flexibility index (Phi) is 6.35. The number of benzene rings is 2. The number of nitrogens with zero attached hydrogens (tertiary/aromatic N) is 2. The van der Waals surface area contributed by atoms with Crippen LogP contribution in [0, 0.1) is 0 Å². The van der Waals surface area contributed by atoms with Crippen molar-refractivity contribution >= 4 is 6.03 Å². The number of urea groups is 1. The molecule has 144 valence electrons. The molecule has 2 amide bonds. The van der Waals surface area contributed by atoms with Crippen LogP contribution in [0.1, 0.15) is 30.0 Å². The lowest BCUT2D eigenvalue weighted by Gasteiger charge is -2.28. The number of carbonyl (C=O) groups excluding carboxylic acids is 1. The molecule has 1 saturated carbocycles. The van der Waals surface area contributed by atoms with Crippen molar-refractivity contribution in [1.29, 1.82) is 0 Å². The van der Waals surface area contributed by atoms with Gasteiger partial charge in [-0.05, 0) is 50.2 Å². The molecule has 27 heavy (non-hydrogen) atoms. The lowest BCUT2D eigenvalue weighted by Crippen LogP contribution is -2.44. The quantitative estimate of drug-likeness (QED) is 0.774. The van der Waals surface area contributed by atoms with E-state index in [1.165, 1.54) is 0 Å². The summed E-state index contributed by atoms with van der Waals surface area (Å²) in [4.78, 5) is 17.0. The number of likely N-dealkylation sites (N-methyl/N-ethyl adjacent to an activating group) is 1. The van der Waals surface area contributed by atoms with Crippen LogP contribution in [0.4, 0.5) is 4.79 Å². The van der Waals surface area contributed by atoms with Crippen LogP contribution in [0.3, 0.4) is 0 Å². The fourth-order valence-corrected chi connectivity index (χ4v) is 3.27. The van der Waals surface area contributed by atoms with Crippen LogP contribution >= 0.6 is 0 Å². The van der Waals surface area contributed by atoms with Gasteiger partial charge in [0.2, 0.25) is 0 Å². The van der Waals surface area contributed by atoms with Gasteiger partial charge in [0.25, 0.3) is 0 Å². The van der Waals surface area contributed by atoms with Crippen LogP contribution in [0.25, 0.3) is 0 Å². The smallest absolute Gasteiger partial charge is 0.318 e. The third-order valence-electron chi connectivity index (χ3n) is 4.99. The summed E-state index contributed by atoms with van der Waals surface area (Å²) in [5.41, 5.74) is 2.29. The maximum atomic E-state index is 12.9. The summed E-state index contributed by atoms with van der Waals surface area (Å²) in [5.74, 6) is 0.828. The highest BCUT2D eigenvalue weighted by molar-refractivity contribution is 5.75. The normalized spacial score (nSPS) is 14.7. The van der Waals surface area contributed by atoms with E-state index >= 15 is 0 Å². The lowest BCUT2D eigenvalue weighted by molar-refractivity contribution is 0.186.